The molecule has 0 aliphatic heterocycles. The van der Waals surface area contributed by atoms with Gasteiger partial charge in [-0.05, 0) is 37.0 Å². The molecule has 2 radical (unpaired) electrons. The predicted octanol–water partition coefficient (Wildman–Crippen LogP) is 2.28. The monoisotopic (exact) mass is 362 g/mol. The van der Waals surface area contributed by atoms with Crippen LogP contribution in [-0.2, 0) is 8.23 Å². The molecule has 0 rings (SSSR count). The number of hydrogen-bond acceptors (Lipinski definition) is 3. The summed E-state index contributed by atoms with van der Waals surface area (Å²) in [6.45, 7) is 8.14. The Balaban J connectivity index is 4.17. The first-order valence-electron chi connectivity index (χ1n) is 4.66. The number of rotatable bonds is 7. The minimum absolute atomic E-state index is 0.710. The summed E-state index contributed by atoms with van der Waals surface area (Å²) in [5.74, 6) is 0. The summed E-state index contributed by atoms with van der Waals surface area (Å²) < 4.78 is 12.3. The molecule has 0 aromatic heterocycles. The lowest BCUT2D eigenvalue weighted by Crippen LogP contribution is -2.48. The molecule has 14 heavy (non-hydrogen) atoms. The smallest absolute Gasteiger partial charge is 0.416 e. The largest absolute Gasteiger partial charge is 0.477 e. The van der Waals surface area contributed by atoms with Crippen LogP contribution in [0.5, 0.6) is 0 Å². The second-order valence-corrected chi connectivity index (χ2v) is 11.8. The fourth-order valence-electron chi connectivity index (χ4n) is 1.05. The predicted molar refractivity (Wildman–Crippen MR) is 73.4 cm³/mol. The molecule has 0 aromatic carbocycles. The molecule has 0 fully saturated rings. The van der Waals surface area contributed by atoms with Gasteiger partial charge in [0.2, 0.25) is 0 Å². The van der Waals surface area contributed by atoms with Gasteiger partial charge in [-0.3, -0.25) is 0 Å². The third-order valence-corrected chi connectivity index (χ3v) is 8.92. The quantitative estimate of drug-likeness (QED) is 0.429. The molecule has 7 heteroatoms. The SMILES string of the molecule is C[Si](C)O[Si](O)(CCCI)O[Si](C)C. The van der Waals surface area contributed by atoms with Gasteiger partial charge in [0.15, 0.2) is 18.1 Å². The molecule has 0 aromatic rings. The maximum absolute atomic E-state index is 10.2. The average Bonchev–Trinajstić information content (AvgIpc) is 1.97. The Morgan fingerprint density at radius 3 is 1.86 bits per heavy atom. The van der Waals surface area contributed by atoms with Crippen LogP contribution in [0.1, 0.15) is 6.42 Å². The molecule has 0 aliphatic rings. The first-order valence-corrected chi connectivity index (χ1v) is 13.0. The van der Waals surface area contributed by atoms with E-state index < -0.39 is 26.9 Å². The minimum atomic E-state index is -2.81. The molecule has 0 atom stereocenters. The van der Waals surface area contributed by atoms with Gasteiger partial charge < -0.3 is 13.0 Å². The highest BCUT2D eigenvalue weighted by Crippen LogP contribution is 2.16. The van der Waals surface area contributed by atoms with Crippen LogP contribution in [0.15, 0.2) is 0 Å². The molecular weight excluding hydrogens is 343 g/mol. The van der Waals surface area contributed by atoms with Crippen molar-refractivity contribution in [2.75, 3.05) is 4.43 Å². The minimum Gasteiger partial charge on any atom is -0.416 e. The van der Waals surface area contributed by atoms with Crippen LogP contribution < -0.4 is 0 Å². The first kappa shape index (κ1) is 15.3. The summed E-state index contributed by atoms with van der Waals surface area (Å²) in [4.78, 5) is 10.2. The van der Waals surface area contributed by atoms with Gasteiger partial charge in [-0.1, -0.05) is 22.6 Å². The van der Waals surface area contributed by atoms with E-state index in [1.54, 1.807) is 0 Å². The normalized spacial score (nSPS) is 12.9. The van der Waals surface area contributed by atoms with E-state index >= 15 is 0 Å². The molecule has 0 heterocycles. The average molecular weight is 362 g/mol. The van der Waals surface area contributed by atoms with E-state index in [9.17, 15) is 4.80 Å². The van der Waals surface area contributed by atoms with E-state index in [1.807, 2.05) is 26.2 Å². The summed E-state index contributed by atoms with van der Waals surface area (Å²) in [7, 11) is -4.54. The summed E-state index contributed by atoms with van der Waals surface area (Å²) in [6, 6.07) is 0.710. The molecule has 84 valence electrons. The lowest BCUT2D eigenvalue weighted by atomic mass is 10.6. The van der Waals surface area contributed by atoms with Crippen molar-refractivity contribution in [1.29, 1.82) is 0 Å². The van der Waals surface area contributed by atoms with Crippen LogP contribution in [0.4, 0.5) is 0 Å². The molecule has 0 bridgehead atoms. The molecule has 3 nitrogen and oxygen atoms in total. The van der Waals surface area contributed by atoms with Gasteiger partial charge in [0, 0.05) is 6.04 Å². The van der Waals surface area contributed by atoms with Crippen molar-refractivity contribution in [2.24, 2.45) is 0 Å². The first-order chi connectivity index (χ1) is 6.39. The zero-order chi connectivity index (χ0) is 11.2. The lowest BCUT2D eigenvalue weighted by Gasteiger charge is -2.27. The van der Waals surface area contributed by atoms with Crippen molar-refractivity contribution >= 4 is 49.5 Å². The second kappa shape index (κ2) is 7.52. The van der Waals surface area contributed by atoms with Gasteiger partial charge >= 0.3 is 8.80 Å². The molecule has 0 spiro atoms. The van der Waals surface area contributed by atoms with E-state index in [-0.39, 0.29) is 0 Å². The molecule has 0 saturated carbocycles. The van der Waals surface area contributed by atoms with E-state index in [0.29, 0.717) is 6.04 Å². The van der Waals surface area contributed by atoms with Crippen molar-refractivity contribution in [1.82, 2.24) is 0 Å². The van der Waals surface area contributed by atoms with E-state index in [4.69, 9.17) is 8.23 Å². The lowest BCUT2D eigenvalue weighted by molar-refractivity contribution is 0.254. The van der Waals surface area contributed by atoms with Crippen LogP contribution in [0, 0.1) is 0 Å². The fourth-order valence-corrected chi connectivity index (χ4v) is 9.24. The van der Waals surface area contributed by atoms with Gasteiger partial charge in [0.05, 0.1) is 0 Å². The highest BCUT2D eigenvalue weighted by atomic mass is 127. The van der Waals surface area contributed by atoms with Crippen LogP contribution in [0.25, 0.3) is 0 Å². The number of alkyl halides is 1. The van der Waals surface area contributed by atoms with Gasteiger partial charge in [-0.15, -0.1) is 0 Å². The highest BCUT2D eigenvalue weighted by molar-refractivity contribution is 14.1. The highest BCUT2D eigenvalue weighted by Gasteiger charge is 2.37. The van der Waals surface area contributed by atoms with Crippen LogP contribution in [0.2, 0.25) is 32.2 Å². The van der Waals surface area contributed by atoms with Gasteiger partial charge in [0.25, 0.3) is 0 Å². The maximum atomic E-state index is 10.2. The number of hydrogen-bond donors (Lipinski definition) is 1. The molecule has 0 saturated heterocycles. The van der Waals surface area contributed by atoms with Crippen LogP contribution >= 0.6 is 22.6 Å². The Kier molecular flexibility index (Phi) is 8.20. The number of halogens is 1. The van der Waals surface area contributed by atoms with Crippen molar-refractivity contribution in [3.05, 3.63) is 0 Å². The van der Waals surface area contributed by atoms with Crippen molar-refractivity contribution < 1.29 is 13.0 Å². The standard InChI is InChI=1S/C7H19IO3Si3/c1-12(2)10-14(9,7-5-6-8)11-13(3)4/h9H,5-7H2,1-4H3. The Morgan fingerprint density at radius 1 is 1.14 bits per heavy atom. The van der Waals surface area contributed by atoms with Gasteiger partial charge in [-0.2, -0.15) is 0 Å². The Hall–Kier alpha value is 1.26. The Bertz CT molecular complexity index is 147. The molecular formula is C7H19IO3Si3. The molecule has 0 amide bonds. The van der Waals surface area contributed by atoms with Crippen molar-refractivity contribution in [3.63, 3.8) is 0 Å². The fraction of sp³-hybridized carbons (Fsp3) is 1.00. The van der Waals surface area contributed by atoms with Gasteiger partial charge in [0.1, 0.15) is 0 Å². The summed E-state index contributed by atoms with van der Waals surface area (Å²) in [6.07, 6.45) is 0.980. The summed E-state index contributed by atoms with van der Waals surface area (Å²) in [5.41, 5.74) is 0. The molecule has 0 unspecified atom stereocenters. The summed E-state index contributed by atoms with van der Waals surface area (Å²) in [5, 5.41) is 0. The van der Waals surface area contributed by atoms with E-state index in [1.165, 1.54) is 0 Å². The van der Waals surface area contributed by atoms with Crippen molar-refractivity contribution in [2.45, 2.75) is 38.7 Å². The Morgan fingerprint density at radius 2 is 1.57 bits per heavy atom. The zero-order valence-electron chi connectivity index (χ0n) is 9.26. The zero-order valence-corrected chi connectivity index (χ0v) is 14.4. The third kappa shape index (κ3) is 7.54. The maximum Gasteiger partial charge on any atom is 0.477 e. The van der Waals surface area contributed by atoms with E-state index in [0.717, 1.165) is 10.8 Å². The second-order valence-electron chi connectivity index (χ2n) is 3.53. The third-order valence-electron chi connectivity index (χ3n) is 1.35. The molecule has 1 N–H and O–H groups in total. The van der Waals surface area contributed by atoms with Gasteiger partial charge in [-0.25, -0.2) is 0 Å². The van der Waals surface area contributed by atoms with E-state index in [2.05, 4.69) is 22.6 Å². The molecule has 0 aliphatic carbocycles. The van der Waals surface area contributed by atoms with Crippen molar-refractivity contribution in [3.8, 4) is 0 Å². The topological polar surface area (TPSA) is 38.7 Å². The Labute approximate surface area is 105 Å². The van der Waals surface area contributed by atoms with Crippen LogP contribution in [0.3, 0.4) is 0 Å². The summed E-state index contributed by atoms with van der Waals surface area (Å²) >= 11 is 2.31. The van der Waals surface area contributed by atoms with Crippen LogP contribution in [-0.4, -0.2) is 36.1 Å².